The number of hydrogen-bond donors (Lipinski definition) is 0. The Bertz CT molecular complexity index is 294. The molecule has 0 radical (unpaired) electrons. The van der Waals surface area contributed by atoms with E-state index in [1.54, 1.807) is 0 Å². The molecular formula is C12H16BrF. The lowest BCUT2D eigenvalue weighted by Gasteiger charge is -2.05. The summed E-state index contributed by atoms with van der Waals surface area (Å²) < 4.78 is 13.5. The second kappa shape index (κ2) is 5.50. The quantitative estimate of drug-likeness (QED) is 0.743. The molecule has 0 aliphatic heterocycles. The lowest BCUT2D eigenvalue weighted by atomic mass is 10.0. The summed E-state index contributed by atoms with van der Waals surface area (Å²) in [6, 6.07) is 5.25. The van der Waals surface area contributed by atoms with Gasteiger partial charge in [0.25, 0.3) is 0 Å². The molecule has 0 amide bonds. The van der Waals surface area contributed by atoms with E-state index >= 15 is 0 Å². The molecule has 0 saturated heterocycles. The van der Waals surface area contributed by atoms with Gasteiger partial charge in [-0.2, -0.15) is 0 Å². The molecule has 0 bridgehead atoms. The first-order valence-electron chi connectivity index (χ1n) is 5.03. The largest absolute Gasteiger partial charge is 0.206 e. The van der Waals surface area contributed by atoms with Gasteiger partial charge in [-0.25, -0.2) is 4.39 Å². The maximum atomic E-state index is 12.9. The van der Waals surface area contributed by atoms with E-state index in [0.29, 0.717) is 4.47 Å². The average Bonchev–Trinajstić information content (AvgIpc) is 2.10. The van der Waals surface area contributed by atoms with Crippen LogP contribution in [0.2, 0.25) is 0 Å². The van der Waals surface area contributed by atoms with Crippen molar-refractivity contribution < 1.29 is 4.39 Å². The van der Waals surface area contributed by atoms with Gasteiger partial charge < -0.3 is 0 Å². The molecular weight excluding hydrogens is 243 g/mol. The second-order valence-corrected chi connectivity index (χ2v) is 4.89. The SMILES string of the molecule is CC(C)CCCc1ccc(F)c(Br)c1. The number of aryl methyl sites for hydroxylation is 1. The van der Waals surface area contributed by atoms with Gasteiger partial charge in [0, 0.05) is 0 Å². The number of benzene rings is 1. The van der Waals surface area contributed by atoms with Crippen LogP contribution < -0.4 is 0 Å². The van der Waals surface area contributed by atoms with Crippen molar-refractivity contribution in [2.24, 2.45) is 5.92 Å². The lowest BCUT2D eigenvalue weighted by molar-refractivity contribution is 0.555. The fourth-order valence-electron chi connectivity index (χ4n) is 1.41. The van der Waals surface area contributed by atoms with Crippen molar-refractivity contribution >= 4 is 15.9 Å². The van der Waals surface area contributed by atoms with Crippen molar-refractivity contribution in [2.45, 2.75) is 33.1 Å². The Morgan fingerprint density at radius 2 is 2.07 bits per heavy atom. The zero-order valence-corrected chi connectivity index (χ0v) is 10.3. The van der Waals surface area contributed by atoms with Crippen LogP contribution in [0.25, 0.3) is 0 Å². The molecule has 0 aliphatic carbocycles. The Morgan fingerprint density at radius 3 is 2.64 bits per heavy atom. The van der Waals surface area contributed by atoms with E-state index in [9.17, 15) is 4.39 Å². The maximum absolute atomic E-state index is 12.9. The third-order valence-electron chi connectivity index (χ3n) is 2.23. The van der Waals surface area contributed by atoms with Gasteiger partial charge in [-0.15, -0.1) is 0 Å². The molecule has 0 N–H and O–H groups in total. The molecule has 0 atom stereocenters. The summed E-state index contributed by atoms with van der Waals surface area (Å²) in [5, 5.41) is 0. The zero-order chi connectivity index (χ0) is 10.6. The van der Waals surface area contributed by atoms with Gasteiger partial charge in [0.1, 0.15) is 5.82 Å². The highest BCUT2D eigenvalue weighted by atomic mass is 79.9. The molecule has 0 aliphatic rings. The van der Waals surface area contributed by atoms with Gasteiger partial charge in [-0.1, -0.05) is 26.3 Å². The fourth-order valence-corrected chi connectivity index (χ4v) is 1.84. The maximum Gasteiger partial charge on any atom is 0.137 e. The van der Waals surface area contributed by atoms with Gasteiger partial charge in [0.05, 0.1) is 4.47 Å². The highest BCUT2D eigenvalue weighted by Gasteiger charge is 2.01. The molecule has 1 aromatic rings. The number of halogens is 2. The van der Waals surface area contributed by atoms with Crippen molar-refractivity contribution in [3.63, 3.8) is 0 Å². The van der Waals surface area contributed by atoms with E-state index in [0.717, 1.165) is 12.3 Å². The lowest BCUT2D eigenvalue weighted by Crippen LogP contribution is -1.91. The fraction of sp³-hybridized carbons (Fsp3) is 0.500. The Balaban J connectivity index is 2.47. The number of rotatable bonds is 4. The predicted molar refractivity (Wildman–Crippen MR) is 61.9 cm³/mol. The third-order valence-corrected chi connectivity index (χ3v) is 2.84. The predicted octanol–water partition coefficient (Wildman–Crippen LogP) is 4.57. The minimum atomic E-state index is -0.183. The van der Waals surface area contributed by atoms with Crippen molar-refractivity contribution in [1.29, 1.82) is 0 Å². The highest BCUT2D eigenvalue weighted by molar-refractivity contribution is 9.10. The van der Waals surface area contributed by atoms with Gasteiger partial charge in [0.2, 0.25) is 0 Å². The minimum Gasteiger partial charge on any atom is -0.206 e. The molecule has 0 aromatic heterocycles. The minimum absolute atomic E-state index is 0.183. The van der Waals surface area contributed by atoms with E-state index in [1.165, 1.54) is 24.5 Å². The molecule has 0 heterocycles. The molecule has 14 heavy (non-hydrogen) atoms. The molecule has 0 fully saturated rings. The summed E-state index contributed by atoms with van der Waals surface area (Å²) in [7, 11) is 0. The van der Waals surface area contributed by atoms with E-state index < -0.39 is 0 Å². The monoisotopic (exact) mass is 258 g/mol. The van der Waals surface area contributed by atoms with Crippen LogP contribution in [0.4, 0.5) is 4.39 Å². The Labute approximate surface area is 93.7 Å². The van der Waals surface area contributed by atoms with Crippen LogP contribution in [0.5, 0.6) is 0 Å². The van der Waals surface area contributed by atoms with Crippen LogP contribution in [0.1, 0.15) is 32.3 Å². The van der Waals surface area contributed by atoms with E-state index in [4.69, 9.17) is 0 Å². The zero-order valence-electron chi connectivity index (χ0n) is 8.69. The molecule has 2 heteroatoms. The molecule has 78 valence electrons. The van der Waals surface area contributed by atoms with Gasteiger partial charge >= 0.3 is 0 Å². The van der Waals surface area contributed by atoms with Crippen molar-refractivity contribution in [2.75, 3.05) is 0 Å². The first kappa shape index (κ1) is 11.7. The normalized spacial score (nSPS) is 10.9. The van der Waals surface area contributed by atoms with Crippen LogP contribution in [-0.4, -0.2) is 0 Å². The summed E-state index contributed by atoms with van der Waals surface area (Å²) in [5.41, 5.74) is 1.21. The molecule has 1 rings (SSSR count). The summed E-state index contributed by atoms with van der Waals surface area (Å²) in [4.78, 5) is 0. The molecule has 0 saturated carbocycles. The van der Waals surface area contributed by atoms with E-state index in [2.05, 4.69) is 29.8 Å². The summed E-state index contributed by atoms with van der Waals surface area (Å²) in [5.74, 6) is 0.566. The first-order chi connectivity index (χ1) is 6.59. The van der Waals surface area contributed by atoms with Gasteiger partial charge in [-0.05, 0) is 52.4 Å². The van der Waals surface area contributed by atoms with Crippen molar-refractivity contribution in [3.05, 3.63) is 34.1 Å². The van der Waals surface area contributed by atoms with Gasteiger partial charge in [0.15, 0.2) is 0 Å². The summed E-state index contributed by atoms with van der Waals surface area (Å²) in [6.45, 7) is 4.45. The second-order valence-electron chi connectivity index (χ2n) is 4.03. The Kier molecular flexibility index (Phi) is 4.59. The molecule has 1 aromatic carbocycles. The van der Waals surface area contributed by atoms with Crippen LogP contribution in [-0.2, 0) is 6.42 Å². The van der Waals surface area contributed by atoms with Crippen molar-refractivity contribution in [3.8, 4) is 0 Å². The molecule has 0 nitrogen and oxygen atoms in total. The third kappa shape index (κ3) is 3.79. The highest BCUT2D eigenvalue weighted by Crippen LogP contribution is 2.18. The molecule has 0 unspecified atom stereocenters. The average molecular weight is 259 g/mol. The molecule has 0 spiro atoms. The Morgan fingerprint density at radius 1 is 1.36 bits per heavy atom. The smallest absolute Gasteiger partial charge is 0.137 e. The van der Waals surface area contributed by atoms with E-state index in [1.807, 2.05) is 12.1 Å². The van der Waals surface area contributed by atoms with Crippen LogP contribution in [0.15, 0.2) is 22.7 Å². The topological polar surface area (TPSA) is 0 Å². The summed E-state index contributed by atoms with van der Waals surface area (Å²) in [6.07, 6.45) is 3.45. The Hall–Kier alpha value is -0.370. The number of hydrogen-bond acceptors (Lipinski definition) is 0. The van der Waals surface area contributed by atoms with Crippen LogP contribution >= 0.6 is 15.9 Å². The van der Waals surface area contributed by atoms with Crippen LogP contribution in [0, 0.1) is 11.7 Å². The standard InChI is InChI=1S/C12H16BrF/c1-9(2)4-3-5-10-6-7-12(14)11(13)8-10/h6-9H,3-5H2,1-2H3. The summed E-state index contributed by atoms with van der Waals surface area (Å²) >= 11 is 3.19. The van der Waals surface area contributed by atoms with E-state index in [-0.39, 0.29) is 5.82 Å². The first-order valence-corrected chi connectivity index (χ1v) is 5.83. The van der Waals surface area contributed by atoms with Crippen molar-refractivity contribution in [1.82, 2.24) is 0 Å². The van der Waals surface area contributed by atoms with Gasteiger partial charge in [-0.3, -0.25) is 0 Å². The van der Waals surface area contributed by atoms with Crippen LogP contribution in [0.3, 0.4) is 0 Å².